The average Bonchev–Trinajstić information content (AvgIpc) is 2.73. The molecule has 0 radical (unpaired) electrons. The van der Waals surface area contributed by atoms with Crippen molar-refractivity contribution < 1.29 is 0 Å². The van der Waals surface area contributed by atoms with E-state index in [1.807, 2.05) is 6.07 Å². The second-order valence-corrected chi connectivity index (χ2v) is 7.10. The van der Waals surface area contributed by atoms with E-state index >= 15 is 0 Å². The van der Waals surface area contributed by atoms with Crippen LogP contribution in [0.1, 0.15) is 41.0 Å². The van der Waals surface area contributed by atoms with Crippen LogP contribution in [0.2, 0.25) is 0 Å². The Morgan fingerprint density at radius 1 is 1.10 bits per heavy atom. The van der Waals surface area contributed by atoms with Gasteiger partial charge >= 0.3 is 0 Å². The molecule has 0 aromatic heterocycles. The topological polar surface area (TPSA) is 12.4 Å². The Balaban J connectivity index is 1.93. The van der Waals surface area contributed by atoms with Crippen LogP contribution in [0.5, 0.6) is 0 Å². The first-order chi connectivity index (χ1) is 9.40. The van der Waals surface area contributed by atoms with Crippen LogP contribution in [-0.4, -0.2) is 6.21 Å². The van der Waals surface area contributed by atoms with Crippen molar-refractivity contribution in [3.63, 3.8) is 0 Å². The van der Waals surface area contributed by atoms with Crippen molar-refractivity contribution in [1.29, 1.82) is 0 Å². The Labute approximate surface area is 122 Å². The fraction of sp³-hybridized carbons (Fsp3) is 0.526. The highest BCUT2D eigenvalue weighted by Crippen LogP contribution is 2.69. The lowest BCUT2D eigenvalue weighted by atomic mass is 9.71. The summed E-state index contributed by atoms with van der Waals surface area (Å²) >= 11 is 0. The highest BCUT2D eigenvalue weighted by atomic mass is 14.8. The average molecular weight is 267 g/mol. The number of hydrogen-bond acceptors (Lipinski definition) is 1. The summed E-state index contributed by atoms with van der Waals surface area (Å²) in [5, 5.41) is 0. The molecule has 106 valence electrons. The lowest BCUT2D eigenvalue weighted by Gasteiger charge is -2.33. The summed E-state index contributed by atoms with van der Waals surface area (Å²) < 4.78 is 0. The van der Waals surface area contributed by atoms with Crippen LogP contribution in [0.25, 0.3) is 0 Å². The number of nitrogens with zero attached hydrogens (tertiary/aromatic N) is 1. The first kappa shape index (κ1) is 13.6. The van der Waals surface area contributed by atoms with Gasteiger partial charge in [-0.3, -0.25) is 4.99 Å². The van der Waals surface area contributed by atoms with E-state index in [0.717, 1.165) is 5.69 Å². The lowest BCUT2D eigenvalue weighted by molar-refractivity contribution is 0.241. The molecule has 1 fully saturated rings. The standard InChI is InChI=1S/C19H25N/c1-13-14(2)19(5)15(3)18(13,4)11-16(19)12-20-17-9-7-6-8-10-17/h6-10,12,15-16H,11H2,1-5H3/b20-12+. The molecular formula is C19H25N. The number of para-hydroxylation sites is 1. The highest BCUT2D eigenvalue weighted by molar-refractivity contribution is 5.70. The third kappa shape index (κ3) is 1.58. The first-order valence-electron chi connectivity index (χ1n) is 7.68. The summed E-state index contributed by atoms with van der Waals surface area (Å²) in [4.78, 5) is 4.73. The molecule has 1 heteroatoms. The number of benzene rings is 1. The summed E-state index contributed by atoms with van der Waals surface area (Å²) in [6.07, 6.45) is 3.46. The third-order valence-electron chi connectivity index (χ3n) is 6.66. The van der Waals surface area contributed by atoms with Gasteiger partial charge in [-0.05, 0) is 49.1 Å². The predicted octanol–water partition coefficient (Wildman–Crippen LogP) is 5.41. The Hall–Kier alpha value is -1.37. The molecular weight excluding hydrogens is 242 g/mol. The summed E-state index contributed by atoms with van der Waals surface area (Å²) in [6.45, 7) is 12.0. The van der Waals surface area contributed by atoms with Gasteiger partial charge in [0, 0.05) is 12.1 Å². The largest absolute Gasteiger partial charge is 0.261 e. The van der Waals surface area contributed by atoms with Crippen molar-refractivity contribution in [3.05, 3.63) is 41.5 Å². The van der Waals surface area contributed by atoms with E-state index in [0.29, 0.717) is 17.3 Å². The van der Waals surface area contributed by atoms with Gasteiger partial charge in [-0.1, -0.05) is 50.1 Å². The molecule has 3 rings (SSSR count). The van der Waals surface area contributed by atoms with Crippen LogP contribution in [0, 0.1) is 22.7 Å². The van der Waals surface area contributed by atoms with Gasteiger partial charge in [0.05, 0.1) is 5.69 Å². The quantitative estimate of drug-likeness (QED) is 0.502. The number of fused-ring (bicyclic) bond motifs is 2. The Bertz CT molecular complexity index is 583. The zero-order chi connectivity index (χ0) is 14.5. The molecule has 1 saturated carbocycles. The summed E-state index contributed by atoms with van der Waals surface area (Å²) in [6, 6.07) is 10.3. The van der Waals surface area contributed by atoms with Gasteiger partial charge in [0.15, 0.2) is 0 Å². The van der Waals surface area contributed by atoms with E-state index in [1.165, 1.54) is 6.42 Å². The van der Waals surface area contributed by atoms with E-state index in [1.54, 1.807) is 11.1 Å². The van der Waals surface area contributed by atoms with E-state index < -0.39 is 0 Å². The SMILES string of the molecule is CC1=C(C)C2(C)C(/C=N/c3ccccc3)CC1(C)C2C. The molecule has 1 aromatic rings. The van der Waals surface area contributed by atoms with Gasteiger partial charge < -0.3 is 0 Å². The van der Waals surface area contributed by atoms with Crippen LogP contribution in [0.15, 0.2) is 46.5 Å². The van der Waals surface area contributed by atoms with Crippen molar-refractivity contribution in [2.24, 2.45) is 27.7 Å². The molecule has 20 heavy (non-hydrogen) atoms. The molecule has 0 saturated heterocycles. The number of hydrogen-bond donors (Lipinski definition) is 0. The molecule has 2 aliphatic carbocycles. The fourth-order valence-corrected chi connectivity index (χ4v) is 4.64. The molecule has 1 aromatic carbocycles. The highest BCUT2D eigenvalue weighted by Gasteiger charge is 2.61. The van der Waals surface area contributed by atoms with Crippen molar-refractivity contribution in [2.45, 2.75) is 41.0 Å². The minimum atomic E-state index is 0.289. The molecule has 0 N–H and O–H groups in total. The minimum Gasteiger partial charge on any atom is -0.261 e. The molecule has 2 aliphatic rings. The monoisotopic (exact) mass is 267 g/mol. The molecule has 0 amide bonds. The molecule has 0 spiro atoms. The van der Waals surface area contributed by atoms with Crippen molar-refractivity contribution in [3.8, 4) is 0 Å². The summed E-state index contributed by atoms with van der Waals surface area (Å²) in [5.74, 6) is 1.27. The lowest BCUT2D eigenvalue weighted by Crippen LogP contribution is -2.28. The zero-order valence-electron chi connectivity index (χ0n) is 13.3. The molecule has 0 heterocycles. The van der Waals surface area contributed by atoms with Crippen molar-refractivity contribution >= 4 is 11.9 Å². The van der Waals surface area contributed by atoms with E-state index in [-0.39, 0.29) is 5.41 Å². The number of aliphatic imine (C=N–C) groups is 1. The van der Waals surface area contributed by atoms with Crippen LogP contribution < -0.4 is 0 Å². The maximum Gasteiger partial charge on any atom is 0.0625 e. The first-order valence-corrected chi connectivity index (χ1v) is 7.68. The van der Waals surface area contributed by atoms with Gasteiger partial charge in [0.2, 0.25) is 0 Å². The van der Waals surface area contributed by atoms with Gasteiger partial charge in [0.1, 0.15) is 0 Å². The summed E-state index contributed by atoms with van der Waals surface area (Å²) in [7, 11) is 0. The predicted molar refractivity (Wildman–Crippen MR) is 86.5 cm³/mol. The third-order valence-corrected chi connectivity index (χ3v) is 6.66. The Morgan fingerprint density at radius 3 is 2.30 bits per heavy atom. The van der Waals surface area contributed by atoms with Crippen LogP contribution in [0.3, 0.4) is 0 Å². The second-order valence-electron chi connectivity index (χ2n) is 7.10. The van der Waals surface area contributed by atoms with E-state index in [2.05, 4.69) is 65.1 Å². The normalized spacial score (nSPS) is 40.0. The maximum absolute atomic E-state index is 4.73. The van der Waals surface area contributed by atoms with E-state index in [4.69, 9.17) is 4.99 Å². The second kappa shape index (κ2) is 4.31. The van der Waals surface area contributed by atoms with Gasteiger partial charge in [-0.25, -0.2) is 0 Å². The number of rotatable bonds is 2. The zero-order valence-corrected chi connectivity index (χ0v) is 13.3. The van der Waals surface area contributed by atoms with Gasteiger partial charge in [-0.15, -0.1) is 0 Å². The van der Waals surface area contributed by atoms with Gasteiger partial charge in [-0.2, -0.15) is 0 Å². The summed E-state index contributed by atoms with van der Waals surface area (Å²) in [5.41, 5.74) is 4.94. The van der Waals surface area contributed by atoms with Crippen molar-refractivity contribution in [1.82, 2.24) is 0 Å². The smallest absolute Gasteiger partial charge is 0.0625 e. The Kier molecular flexibility index (Phi) is 2.93. The molecule has 0 aliphatic heterocycles. The van der Waals surface area contributed by atoms with Gasteiger partial charge in [0.25, 0.3) is 0 Å². The molecule has 1 nitrogen and oxygen atoms in total. The van der Waals surface area contributed by atoms with Crippen LogP contribution in [-0.2, 0) is 0 Å². The molecule has 4 unspecified atom stereocenters. The fourth-order valence-electron chi connectivity index (χ4n) is 4.64. The van der Waals surface area contributed by atoms with Crippen LogP contribution in [0.4, 0.5) is 5.69 Å². The minimum absolute atomic E-state index is 0.289. The number of allylic oxidation sites excluding steroid dienone is 2. The van der Waals surface area contributed by atoms with E-state index in [9.17, 15) is 0 Å². The Morgan fingerprint density at radius 2 is 1.75 bits per heavy atom. The van der Waals surface area contributed by atoms with Crippen molar-refractivity contribution in [2.75, 3.05) is 0 Å². The maximum atomic E-state index is 4.73. The molecule has 4 atom stereocenters. The molecule has 2 bridgehead atoms. The van der Waals surface area contributed by atoms with Crippen LogP contribution >= 0.6 is 0 Å².